The zero-order valence-corrected chi connectivity index (χ0v) is 14.1. The van der Waals surface area contributed by atoms with Crippen molar-refractivity contribution in [2.24, 2.45) is 0 Å². The molecule has 128 valence electrons. The van der Waals surface area contributed by atoms with Gasteiger partial charge in [-0.25, -0.2) is 0 Å². The summed E-state index contributed by atoms with van der Waals surface area (Å²) in [6, 6.07) is 0. The summed E-state index contributed by atoms with van der Waals surface area (Å²) in [5.74, 6) is 0.572. The number of hydrogen-bond acceptors (Lipinski definition) is 4. The van der Waals surface area contributed by atoms with Crippen molar-refractivity contribution in [2.75, 3.05) is 19.6 Å². The minimum atomic E-state index is 0.0684. The molecule has 0 saturated carbocycles. The first-order chi connectivity index (χ1) is 11.8. The van der Waals surface area contributed by atoms with Crippen LogP contribution in [-0.2, 0) is 19.5 Å². The van der Waals surface area contributed by atoms with Crippen molar-refractivity contribution in [1.29, 1.82) is 0 Å². The second-order valence-corrected chi connectivity index (χ2v) is 6.65. The van der Waals surface area contributed by atoms with E-state index in [0.29, 0.717) is 11.6 Å². The molecule has 2 aromatic heterocycles. The summed E-state index contributed by atoms with van der Waals surface area (Å²) in [5, 5.41) is 15.0. The molecule has 7 nitrogen and oxygen atoms in total. The van der Waals surface area contributed by atoms with E-state index in [-0.39, 0.29) is 5.91 Å². The first kappa shape index (κ1) is 15.4. The third-order valence-electron chi connectivity index (χ3n) is 5.24. The fourth-order valence-electron chi connectivity index (χ4n) is 3.73. The number of carbonyl (C=O) groups excluding carboxylic acids is 1. The SMILES string of the molecule is CCn1cc(C2CCN(C(=O)c3n[nH]c4c3CNCC4)CC2)cn1. The van der Waals surface area contributed by atoms with Crippen LogP contribution in [0.4, 0.5) is 0 Å². The number of nitrogens with zero attached hydrogens (tertiary/aromatic N) is 4. The quantitative estimate of drug-likeness (QED) is 0.890. The maximum atomic E-state index is 12.8. The van der Waals surface area contributed by atoms with E-state index in [1.165, 1.54) is 5.56 Å². The molecule has 2 aromatic rings. The van der Waals surface area contributed by atoms with E-state index < -0.39 is 0 Å². The van der Waals surface area contributed by atoms with Crippen molar-refractivity contribution in [3.05, 3.63) is 34.9 Å². The molecule has 1 amide bonds. The molecule has 0 aromatic carbocycles. The normalized spacial score (nSPS) is 18.6. The summed E-state index contributed by atoms with van der Waals surface area (Å²) >= 11 is 0. The number of piperidine rings is 1. The fourth-order valence-corrected chi connectivity index (χ4v) is 3.73. The first-order valence-corrected chi connectivity index (χ1v) is 8.84. The lowest BCUT2D eigenvalue weighted by molar-refractivity contribution is 0.0705. The van der Waals surface area contributed by atoms with Crippen LogP contribution < -0.4 is 5.32 Å². The Bertz CT molecular complexity index is 725. The van der Waals surface area contributed by atoms with Crippen LogP contribution in [0.2, 0.25) is 0 Å². The number of aromatic amines is 1. The number of amides is 1. The van der Waals surface area contributed by atoms with E-state index >= 15 is 0 Å². The van der Waals surface area contributed by atoms with Crippen LogP contribution >= 0.6 is 0 Å². The Morgan fingerprint density at radius 2 is 2.21 bits per heavy atom. The Morgan fingerprint density at radius 3 is 2.96 bits per heavy atom. The van der Waals surface area contributed by atoms with Gasteiger partial charge in [-0.1, -0.05) is 0 Å². The summed E-state index contributed by atoms with van der Waals surface area (Å²) in [6.45, 7) is 6.25. The van der Waals surface area contributed by atoms with Gasteiger partial charge in [-0.2, -0.15) is 10.2 Å². The van der Waals surface area contributed by atoms with Gasteiger partial charge in [0, 0.05) is 56.6 Å². The van der Waals surface area contributed by atoms with Crippen LogP contribution in [-0.4, -0.2) is 50.4 Å². The van der Waals surface area contributed by atoms with Gasteiger partial charge in [0.25, 0.3) is 5.91 Å². The summed E-state index contributed by atoms with van der Waals surface area (Å²) in [4.78, 5) is 14.8. The van der Waals surface area contributed by atoms with Gasteiger partial charge in [0.2, 0.25) is 0 Å². The third-order valence-corrected chi connectivity index (χ3v) is 5.24. The average Bonchev–Trinajstić information content (AvgIpc) is 3.28. The fraction of sp³-hybridized carbons (Fsp3) is 0.588. The molecule has 0 atom stereocenters. The minimum absolute atomic E-state index is 0.0684. The molecule has 2 aliphatic heterocycles. The van der Waals surface area contributed by atoms with Crippen LogP contribution in [0.3, 0.4) is 0 Å². The summed E-state index contributed by atoms with van der Waals surface area (Å²) < 4.78 is 1.97. The van der Waals surface area contributed by atoms with Gasteiger partial charge < -0.3 is 10.2 Å². The highest BCUT2D eigenvalue weighted by Crippen LogP contribution is 2.29. The van der Waals surface area contributed by atoms with Gasteiger partial charge in [0.05, 0.1) is 6.20 Å². The molecule has 7 heteroatoms. The third kappa shape index (κ3) is 2.73. The summed E-state index contributed by atoms with van der Waals surface area (Å²) in [7, 11) is 0. The van der Waals surface area contributed by atoms with E-state index in [1.54, 1.807) is 0 Å². The topological polar surface area (TPSA) is 78.8 Å². The predicted molar refractivity (Wildman–Crippen MR) is 89.8 cm³/mol. The molecule has 2 N–H and O–H groups in total. The molecule has 2 aliphatic rings. The molecule has 0 radical (unpaired) electrons. The lowest BCUT2D eigenvalue weighted by Gasteiger charge is -2.31. The lowest BCUT2D eigenvalue weighted by Crippen LogP contribution is -2.39. The molecule has 1 fully saturated rings. The Balaban J connectivity index is 1.42. The van der Waals surface area contributed by atoms with E-state index in [1.807, 2.05) is 15.8 Å². The number of nitrogens with one attached hydrogen (secondary N) is 2. The maximum absolute atomic E-state index is 12.8. The van der Waals surface area contributed by atoms with Crippen LogP contribution in [0.1, 0.15) is 53.0 Å². The molecule has 4 heterocycles. The van der Waals surface area contributed by atoms with Crippen molar-refractivity contribution in [3.63, 3.8) is 0 Å². The molecule has 24 heavy (non-hydrogen) atoms. The molecule has 0 aliphatic carbocycles. The van der Waals surface area contributed by atoms with Crippen LogP contribution in [0, 0.1) is 0 Å². The molecular weight excluding hydrogens is 304 g/mol. The van der Waals surface area contributed by atoms with E-state index in [9.17, 15) is 4.79 Å². The van der Waals surface area contributed by atoms with Crippen molar-refractivity contribution < 1.29 is 4.79 Å². The van der Waals surface area contributed by atoms with Crippen molar-refractivity contribution in [2.45, 2.75) is 45.2 Å². The second kappa shape index (κ2) is 6.39. The lowest BCUT2D eigenvalue weighted by atomic mass is 9.91. The minimum Gasteiger partial charge on any atom is -0.337 e. The summed E-state index contributed by atoms with van der Waals surface area (Å²) in [6.07, 6.45) is 7.01. The monoisotopic (exact) mass is 328 g/mol. The van der Waals surface area contributed by atoms with Crippen molar-refractivity contribution in [1.82, 2.24) is 30.2 Å². The zero-order valence-electron chi connectivity index (χ0n) is 14.1. The number of H-pyrrole nitrogens is 1. The van der Waals surface area contributed by atoms with Crippen LogP contribution in [0.15, 0.2) is 12.4 Å². The highest BCUT2D eigenvalue weighted by atomic mass is 16.2. The second-order valence-electron chi connectivity index (χ2n) is 6.65. The summed E-state index contributed by atoms with van der Waals surface area (Å²) in [5.41, 5.74) is 4.07. The Hall–Kier alpha value is -2.15. The van der Waals surface area contributed by atoms with Crippen molar-refractivity contribution >= 4 is 5.91 Å². The largest absolute Gasteiger partial charge is 0.337 e. The molecule has 4 rings (SSSR count). The highest BCUT2D eigenvalue weighted by Gasteiger charge is 2.29. The highest BCUT2D eigenvalue weighted by molar-refractivity contribution is 5.94. The molecule has 0 spiro atoms. The van der Waals surface area contributed by atoms with E-state index in [4.69, 9.17) is 0 Å². The van der Waals surface area contributed by atoms with Gasteiger partial charge in [-0.05, 0) is 31.2 Å². The van der Waals surface area contributed by atoms with Crippen molar-refractivity contribution in [3.8, 4) is 0 Å². The van der Waals surface area contributed by atoms with Gasteiger partial charge in [-0.15, -0.1) is 0 Å². The number of aryl methyl sites for hydroxylation is 1. The molecule has 0 bridgehead atoms. The standard InChI is InChI=1S/C17H24N6O/c1-2-23-11-13(9-19-23)12-4-7-22(8-5-12)17(24)16-14-10-18-6-3-15(14)20-21-16/h9,11-12,18H,2-8,10H2,1H3,(H,20,21). The Kier molecular flexibility index (Phi) is 4.10. The first-order valence-electron chi connectivity index (χ1n) is 8.84. The molecular formula is C17H24N6O. The maximum Gasteiger partial charge on any atom is 0.274 e. The Morgan fingerprint density at radius 1 is 1.38 bits per heavy atom. The smallest absolute Gasteiger partial charge is 0.274 e. The zero-order chi connectivity index (χ0) is 16.5. The number of aromatic nitrogens is 4. The van der Waals surface area contributed by atoms with Crippen LogP contribution in [0.25, 0.3) is 0 Å². The van der Waals surface area contributed by atoms with Gasteiger partial charge in [0.15, 0.2) is 5.69 Å². The number of hydrogen-bond donors (Lipinski definition) is 2. The number of fused-ring (bicyclic) bond motifs is 1. The van der Waals surface area contributed by atoms with E-state index in [2.05, 4.69) is 33.7 Å². The molecule has 1 saturated heterocycles. The van der Waals surface area contributed by atoms with Gasteiger partial charge >= 0.3 is 0 Å². The average molecular weight is 328 g/mol. The number of likely N-dealkylation sites (tertiary alicyclic amines) is 1. The number of carbonyl (C=O) groups is 1. The van der Waals surface area contributed by atoms with Gasteiger partial charge in [-0.3, -0.25) is 14.6 Å². The Labute approximate surface area is 141 Å². The predicted octanol–water partition coefficient (Wildman–Crippen LogP) is 1.29. The molecule has 0 unspecified atom stereocenters. The van der Waals surface area contributed by atoms with Crippen LogP contribution in [0.5, 0.6) is 0 Å². The van der Waals surface area contributed by atoms with E-state index in [0.717, 1.165) is 63.2 Å². The number of rotatable bonds is 3. The van der Waals surface area contributed by atoms with Gasteiger partial charge in [0.1, 0.15) is 0 Å².